The van der Waals surface area contributed by atoms with Gasteiger partial charge in [0.05, 0.1) is 29.7 Å². The topological polar surface area (TPSA) is 106 Å². The summed E-state index contributed by atoms with van der Waals surface area (Å²) in [5.74, 6) is 1.22. The van der Waals surface area contributed by atoms with Crippen LogP contribution in [0.5, 0.6) is 5.75 Å². The SMILES string of the molecule is Cc1c(Cl)cc(C(C)n2nc(C)c3c(N)ncnc32)c2c1CN(CC#N)CCO2. The fourth-order valence-electron chi connectivity index (χ4n) is 3.86. The van der Waals surface area contributed by atoms with E-state index in [4.69, 9.17) is 27.3 Å². The number of ether oxygens (including phenoxy) is 1. The van der Waals surface area contributed by atoms with Crippen molar-refractivity contribution in [2.24, 2.45) is 0 Å². The molecule has 1 unspecified atom stereocenters. The van der Waals surface area contributed by atoms with Crippen molar-refractivity contribution >= 4 is 28.5 Å². The van der Waals surface area contributed by atoms with Crippen LogP contribution in [-0.2, 0) is 6.54 Å². The Morgan fingerprint density at radius 3 is 2.93 bits per heavy atom. The quantitative estimate of drug-likeness (QED) is 0.660. The molecule has 0 saturated heterocycles. The van der Waals surface area contributed by atoms with Crippen LogP contribution in [0.4, 0.5) is 5.82 Å². The Bertz CT molecular complexity index is 1130. The number of anilines is 1. The van der Waals surface area contributed by atoms with Gasteiger partial charge in [-0.25, -0.2) is 14.6 Å². The summed E-state index contributed by atoms with van der Waals surface area (Å²) in [7, 11) is 0. The third-order valence-corrected chi connectivity index (χ3v) is 5.86. The number of aryl methyl sites for hydroxylation is 1. The lowest BCUT2D eigenvalue weighted by Gasteiger charge is -2.22. The van der Waals surface area contributed by atoms with Crippen LogP contribution in [0.3, 0.4) is 0 Å². The molecule has 0 amide bonds. The first-order valence-corrected chi connectivity index (χ1v) is 9.79. The summed E-state index contributed by atoms with van der Waals surface area (Å²) in [6.07, 6.45) is 1.45. The Morgan fingerprint density at radius 2 is 2.17 bits per heavy atom. The molecule has 1 aliphatic rings. The number of halogens is 1. The van der Waals surface area contributed by atoms with E-state index in [-0.39, 0.29) is 6.04 Å². The first kappa shape index (κ1) is 19.4. The second-order valence-corrected chi connectivity index (χ2v) is 7.67. The number of aromatic nitrogens is 4. The molecule has 8 nitrogen and oxygen atoms in total. The average Bonchev–Trinajstić information content (AvgIpc) is 2.89. The maximum atomic E-state index is 9.11. The number of rotatable bonds is 3. The van der Waals surface area contributed by atoms with E-state index in [1.165, 1.54) is 6.33 Å². The molecule has 0 aliphatic carbocycles. The van der Waals surface area contributed by atoms with Crippen molar-refractivity contribution in [1.82, 2.24) is 24.6 Å². The maximum absolute atomic E-state index is 9.11. The van der Waals surface area contributed by atoms with Gasteiger partial charge in [0.1, 0.15) is 24.5 Å². The van der Waals surface area contributed by atoms with Crippen molar-refractivity contribution in [3.05, 3.63) is 39.8 Å². The van der Waals surface area contributed by atoms with Crippen molar-refractivity contribution in [3.63, 3.8) is 0 Å². The van der Waals surface area contributed by atoms with Crippen LogP contribution in [0.15, 0.2) is 12.4 Å². The molecule has 0 fully saturated rings. The van der Waals surface area contributed by atoms with E-state index in [2.05, 4.69) is 26.0 Å². The van der Waals surface area contributed by atoms with Crippen LogP contribution in [0, 0.1) is 25.2 Å². The summed E-state index contributed by atoms with van der Waals surface area (Å²) < 4.78 is 8.01. The largest absolute Gasteiger partial charge is 0.492 e. The zero-order valence-electron chi connectivity index (χ0n) is 16.6. The van der Waals surface area contributed by atoms with Crippen LogP contribution in [0.2, 0.25) is 5.02 Å². The van der Waals surface area contributed by atoms with Crippen molar-refractivity contribution in [2.45, 2.75) is 33.4 Å². The van der Waals surface area contributed by atoms with Crippen LogP contribution in [0.1, 0.15) is 35.3 Å². The van der Waals surface area contributed by atoms with E-state index in [1.807, 2.05) is 31.5 Å². The van der Waals surface area contributed by atoms with Gasteiger partial charge in [-0.3, -0.25) is 4.90 Å². The average molecular weight is 412 g/mol. The Kier molecular flexibility index (Phi) is 5.03. The molecule has 0 radical (unpaired) electrons. The van der Waals surface area contributed by atoms with Gasteiger partial charge in [-0.1, -0.05) is 11.6 Å². The lowest BCUT2D eigenvalue weighted by molar-refractivity contribution is 0.242. The second kappa shape index (κ2) is 7.50. The van der Waals surface area contributed by atoms with Gasteiger partial charge in [-0.2, -0.15) is 10.4 Å². The lowest BCUT2D eigenvalue weighted by Crippen LogP contribution is -2.26. The first-order chi connectivity index (χ1) is 13.9. The zero-order chi connectivity index (χ0) is 20.7. The van der Waals surface area contributed by atoms with Gasteiger partial charge in [0, 0.05) is 29.2 Å². The third-order valence-electron chi connectivity index (χ3n) is 5.47. The van der Waals surface area contributed by atoms with Gasteiger partial charge >= 0.3 is 0 Å². The normalized spacial score (nSPS) is 15.4. The molecule has 4 rings (SSSR count). The van der Waals surface area contributed by atoms with E-state index >= 15 is 0 Å². The van der Waals surface area contributed by atoms with Gasteiger partial charge in [0.25, 0.3) is 0 Å². The fourth-order valence-corrected chi connectivity index (χ4v) is 4.09. The highest BCUT2D eigenvalue weighted by Crippen LogP contribution is 2.40. The Labute approximate surface area is 173 Å². The van der Waals surface area contributed by atoms with Gasteiger partial charge in [-0.05, 0) is 32.4 Å². The molecule has 0 spiro atoms. The van der Waals surface area contributed by atoms with Crippen molar-refractivity contribution in [2.75, 3.05) is 25.4 Å². The van der Waals surface area contributed by atoms with E-state index in [9.17, 15) is 0 Å². The highest BCUT2D eigenvalue weighted by atomic mass is 35.5. The van der Waals surface area contributed by atoms with E-state index in [1.54, 1.807) is 0 Å². The monoisotopic (exact) mass is 411 g/mol. The van der Waals surface area contributed by atoms with Gasteiger partial charge in [-0.15, -0.1) is 0 Å². The third kappa shape index (κ3) is 3.26. The second-order valence-electron chi connectivity index (χ2n) is 7.26. The minimum Gasteiger partial charge on any atom is -0.492 e. The molecule has 0 saturated carbocycles. The highest BCUT2D eigenvalue weighted by molar-refractivity contribution is 6.31. The number of nitrogens with two attached hydrogens (primary N) is 1. The van der Waals surface area contributed by atoms with E-state index < -0.39 is 0 Å². The number of nitrogen functional groups attached to an aromatic ring is 1. The fraction of sp³-hybridized carbons (Fsp3) is 0.400. The van der Waals surface area contributed by atoms with Gasteiger partial charge < -0.3 is 10.5 Å². The van der Waals surface area contributed by atoms with Crippen LogP contribution < -0.4 is 10.5 Å². The number of hydrogen-bond donors (Lipinski definition) is 1. The Morgan fingerprint density at radius 1 is 1.38 bits per heavy atom. The number of hydrogen-bond acceptors (Lipinski definition) is 7. The molecule has 3 aromatic rings. The predicted molar refractivity (Wildman–Crippen MR) is 111 cm³/mol. The van der Waals surface area contributed by atoms with Crippen molar-refractivity contribution in [1.29, 1.82) is 5.26 Å². The molecular formula is C20H22ClN7O. The molecule has 0 bridgehead atoms. The summed E-state index contributed by atoms with van der Waals surface area (Å²) in [6.45, 7) is 8.05. The summed E-state index contributed by atoms with van der Waals surface area (Å²) in [6, 6.07) is 3.97. The molecule has 29 heavy (non-hydrogen) atoms. The smallest absolute Gasteiger partial charge is 0.164 e. The first-order valence-electron chi connectivity index (χ1n) is 9.41. The predicted octanol–water partition coefficient (Wildman–Crippen LogP) is 3.01. The van der Waals surface area contributed by atoms with Crippen LogP contribution in [0.25, 0.3) is 11.0 Å². The Hall–Kier alpha value is -2.89. The molecule has 3 heterocycles. The summed E-state index contributed by atoms with van der Waals surface area (Å²) >= 11 is 6.59. The summed E-state index contributed by atoms with van der Waals surface area (Å²) in [5.41, 5.74) is 10.4. The molecule has 2 N–H and O–H groups in total. The molecule has 2 aromatic heterocycles. The summed E-state index contributed by atoms with van der Waals surface area (Å²) in [4.78, 5) is 10.6. The molecule has 1 atom stereocenters. The maximum Gasteiger partial charge on any atom is 0.164 e. The van der Waals surface area contributed by atoms with Crippen molar-refractivity contribution < 1.29 is 4.74 Å². The standard InChI is InChI=1S/C20H22ClN7O/c1-11-15-9-27(5-4-22)6-7-29-18(15)14(8-16(11)21)13(3)28-20-17(12(2)26-28)19(23)24-10-25-20/h8,10,13H,5-7,9H2,1-3H3,(H2,23,24,25). The minimum atomic E-state index is -0.185. The number of nitriles is 1. The molecule has 150 valence electrons. The molecule has 9 heteroatoms. The molecule has 1 aromatic carbocycles. The van der Waals surface area contributed by atoms with Gasteiger partial charge in [0.15, 0.2) is 5.65 Å². The van der Waals surface area contributed by atoms with E-state index in [0.29, 0.717) is 42.7 Å². The highest BCUT2D eigenvalue weighted by Gasteiger charge is 2.27. The van der Waals surface area contributed by atoms with Crippen LogP contribution >= 0.6 is 11.6 Å². The van der Waals surface area contributed by atoms with Crippen molar-refractivity contribution in [3.8, 4) is 11.8 Å². The minimum absolute atomic E-state index is 0.185. The zero-order valence-corrected chi connectivity index (χ0v) is 17.4. The molecule has 1 aliphatic heterocycles. The van der Waals surface area contributed by atoms with E-state index in [0.717, 1.165) is 33.5 Å². The Balaban J connectivity index is 1.87. The number of benzene rings is 1. The summed E-state index contributed by atoms with van der Waals surface area (Å²) in [5, 5.41) is 15.2. The lowest BCUT2D eigenvalue weighted by atomic mass is 9.98. The van der Waals surface area contributed by atoms with Gasteiger partial charge in [0.2, 0.25) is 0 Å². The number of fused-ring (bicyclic) bond motifs is 2. The van der Waals surface area contributed by atoms with Crippen LogP contribution in [-0.4, -0.2) is 44.3 Å². The molecular weight excluding hydrogens is 390 g/mol. The number of nitrogens with zero attached hydrogens (tertiary/aromatic N) is 6.